The van der Waals surface area contributed by atoms with Crippen molar-refractivity contribution >= 4 is 11.9 Å². The minimum absolute atomic E-state index is 0.0667. The molecule has 2 aromatic rings. The SMILES string of the molecule is CCC1(CC)CC(=O)N([C@@H]2CCOc3ccc(C(O)N[C@@H]4c5ccccc5CC4(C)O)cc32)C(=N)N1. The van der Waals surface area contributed by atoms with Crippen molar-refractivity contribution in [3.8, 4) is 5.75 Å². The molecule has 0 saturated carbocycles. The van der Waals surface area contributed by atoms with E-state index in [4.69, 9.17) is 10.1 Å². The van der Waals surface area contributed by atoms with E-state index in [9.17, 15) is 15.0 Å². The van der Waals surface area contributed by atoms with Crippen LogP contribution in [0.4, 0.5) is 0 Å². The van der Waals surface area contributed by atoms with E-state index >= 15 is 0 Å². The van der Waals surface area contributed by atoms with Gasteiger partial charge in [0.05, 0.1) is 30.7 Å². The fourth-order valence-electron chi connectivity index (χ4n) is 6.02. The van der Waals surface area contributed by atoms with Crippen molar-refractivity contribution in [2.45, 2.75) is 82.3 Å². The van der Waals surface area contributed by atoms with Crippen molar-refractivity contribution in [2.75, 3.05) is 6.61 Å². The molecule has 0 radical (unpaired) electrons. The highest BCUT2D eigenvalue weighted by Gasteiger charge is 2.44. The molecular formula is C28H36N4O4. The number of carbonyl (C=O) groups is 1. The Labute approximate surface area is 212 Å². The number of aliphatic hydroxyl groups is 2. The number of nitrogens with zero attached hydrogens (tertiary/aromatic N) is 1. The number of amides is 1. The number of ether oxygens (including phenoxy) is 1. The van der Waals surface area contributed by atoms with Gasteiger partial charge in [-0.1, -0.05) is 44.2 Å². The minimum atomic E-state index is -1.04. The van der Waals surface area contributed by atoms with Gasteiger partial charge in [-0.25, -0.2) is 0 Å². The standard InChI is InChI=1S/C28H36N4O4/c1-4-28(5-2)16-23(33)32(26(29)31-28)21-12-13-36-22-11-10-17(14-20(21)22)25(34)30-24-19-9-7-6-8-18(19)15-27(24,3)35/h6-11,14,21,24-25,30,34-35H,4-5,12-13,15-16H2,1-3H3,(H2,29,31)/t21-,24-,25?,27?/m1/s1. The lowest BCUT2D eigenvalue weighted by Crippen LogP contribution is -2.62. The molecule has 8 nitrogen and oxygen atoms in total. The normalized spacial score (nSPS) is 27.6. The van der Waals surface area contributed by atoms with Crippen LogP contribution >= 0.6 is 0 Å². The van der Waals surface area contributed by atoms with Gasteiger partial charge in [-0.05, 0) is 48.6 Å². The van der Waals surface area contributed by atoms with Crippen LogP contribution in [0.5, 0.6) is 5.75 Å². The van der Waals surface area contributed by atoms with E-state index in [1.165, 1.54) is 0 Å². The van der Waals surface area contributed by atoms with E-state index in [1.54, 1.807) is 17.9 Å². The van der Waals surface area contributed by atoms with Crippen LogP contribution in [0.3, 0.4) is 0 Å². The summed E-state index contributed by atoms with van der Waals surface area (Å²) in [6.07, 6.45) is 1.91. The highest BCUT2D eigenvalue weighted by Crippen LogP contribution is 2.42. The number of fused-ring (bicyclic) bond motifs is 2. The summed E-state index contributed by atoms with van der Waals surface area (Å²) in [6.45, 7) is 6.30. The van der Waals surface area contributed by atoms with Crippen molar-refractivity contribution in [1.29, 1.82) is 5.41 Å². The van der Waals surface area contributed by atoms with E-state index in [0.717, 1.165) is 29.5 Å². The lowest BCUT2D eigenvalue weighted by molar-refractivity contribution is -0.133. The molecule has 2 aromatic carbocycles. The molecule has 5 rings (SSSR count). The van der Waals surface area contributed by atoms with E-state index in [1.807, 2.05) is 50.2 Å². The minimum Gasteiger partial charge on any atom is -0.493 e. The first kappa shape index (κ1) is 24.7. The van der Waals surface area contributed by atoms with Gasteiger partial charge >= 0.3 is 0 Å². The molecule has 2 aliphatic heterocycles. The summed E-state index contributed by atoms with van der Waals surface area (Å²) in [7, 11) is 0. The average molecular weight is 493 g/mol. The number of hydrogen-bond donors (Lipinski definition) is 5. The van der Waals surface area contributed by atoms with Gasteiger partial charge in [0.25, 0.3) is 0 Å². The molecule has 192 valence electrons. The van der Waals surface area contributed by atoms with Crippen molar-refractivity contribution in [1.82, 2.24) is 15.5 Å². The summed E-state index contributed by atoms with van der Waals surface area (Å²) >= 11 is 0. The van der Waals surface area contributed by atoms with Crippen LogP contribution < -0.4 is 15.4 Å². The molecule has 0 spiro atoms. The monoisotopic (exact) mass is 492 g/mol. The lowest BCUT2D eigenvalue weighted by Gasteiger charge is -2.45. The number of carbonyl (C=O) groups excluding carboxylic acids is 1. The number of hydrogen-bond acceptors (Lipinski definition) is 6. The maximum absolute atomic E-state index is 13.3. The van der Waals surface area contributed by atoms with E-state index in [2.05, 4.69) is 10.6 Å². The van der Waals surface area contributed by atoms with Crippen LogP contribution in [0.25, 0.3) is 0 Å². The Balaban J connectivity index is 1.41. The second-order valence-electron chi connectivity index (χ2n) is 10.6. The van der Waals surface area contributed by atoms with E-state index in [0.29, 0.717) is 37.2 Å². The first-order chi connectivity index (χ1) is 17.2. The molecule has 4 atom stereocenters. The Morgan fingerprint density at radius 1 is 1.19 bits per heavy atom. The van der Waals surface area contributed by atoms with Crippen LogP contribution in [0.1, 0.15) is 87.0 Å². The van der Waals surface area contributed by atoms with Crippen molar-refractivity contribution in [3.63, 3.8) is 0 Å². The third-order valence-corrected chi connectivity index (χ3v) is 8.27. The number of rotatable bonds is 6. The van der Waals surface area contributed by atoms with Gasteiger partial charge in [-0.15, -0.1) is 0 Å². The average Bonchev–Trinajstić information content (AvgIpc) is 3.12. The lowest BCUT2D eigenvalue weighted by atomic mass is 9.85. The van der Waals surface area contributed by atoms with Crippen molar-refractivity contribution in [3.05, 3.63) is 64.7 Å². The Bertz CT molecular complexity index is 1160. The second-order valence-corrected chi connectivity index (χ2v) is 10.6. The molecule has 36 heavy (non-hydrogen) atoms. The predicted molar refractivity (Wildman–Crippen MR) is 137 cm³/mol. The van der Waals surface area contributed by atoms with Gasteiger partial charge in [-0.2, -0.15) is 0 Å². The summed E-state index contributed by atoms with van der Waals surface area (Å²) in [5.74, 6) is 0.710. The van der Waals surface area contributed by atoms with Crippen molar-refractivity contribution < 1.29 is 19.7 Å². The molecule has 1 aliphatic carbocycles. The van der Waals surface area contributed by atoms with Gasteiger partial charge in [0.15, 0.2) is 5.96 Å². The molecule has 0 aromatic heterocycles. The maximum atomic E-state index is 13.3. The highest BCUT2D eigenvalue weighted by atomic mass is 16.5. The molecule has 5 N–H and O–H groups in total. The Hall–Kier alpha value is -2.94. The molecule has 0 bridgehead atoms. The van der Waals surface area contributed by atoms with Gasteiger partial charge in [0, 0.05) is 23.9 Å². The summed E-state index contributed by atoms with van der Waals surface area (Å²) in [5, 5.41) is 37.4. The second kappa shape index (κ2) is 9.18. The third kappa shape index (κ3) is 4.17. The van der Waals surface area contributed by atoms with Crippen LogP contribution in [0.15, 0.2) is 42.5 Å². The number of guanidine groups is 1. The zero-order valence-corrected chi connectivity index (χ0v) is 21.2. The molecule has 1 amide bonds. The van der Waals surface area contributed by atoms with E-state index < -0.39 is 17.9 Å². The smallest absolute Gasteiger partial charge is 0.232 e. The third-order valence-electron chi connectivity index (χ3n) is 8.27. The summed E-state index contributed by atoms with van der Waals surface area (Å²) in [6, 6.07) is 12.6. The van der Waals surface area contributed by atoms with Gasteiger partial charge in [-0.3, -0.25) is 20.4 Å². The van der Waals surface area contributed by atoms with Gasteiger partial charge in [0.1, 0.15) is 12.0 Å². The Morgan fingerprint density at radius 2 is 1.94 bits per heavy atom. The van der Waals surface area contributed by atoms with Crippen LogP contribution in [-0.2, 0) is 11.2 Å². The fraction of sp³-hybridized carbons (Fsp3) is 0.500. The summed E-state index contributed by atoms with van der Waals surface area (Å²) in [4.78, 5) is 14.8. The molecular weight excluding hydrogens is 456 g/mol. The topological polar surface area (TPSA) is 118 Å². The predicted octanol–water partition coefficient (Wildman–Crippen LogP) is 3.45. The largest absolute Gasteiger partial charge is 0.493 e. The number of aliphatic hydroxyl groups excluding tert-OH is 1. The first-order valence-electron chi connectivity index (χ1n) is 12.9. The van der Waals surface area contributed by atoms with Gasteiger partial charge in [0.2, 0.25) is 5.91 Å². The quantitative estimate of drug-likeness (QED) is 0.394. The molecule has 8 heteroatoms. The van der Waals surface area contributed by atoms with Crippen molar-refractivity contribution in [2.24, 2.45) is 0 Å². The zero-order chi connectivity index (χ0) is 25.7. The molecule has 2 unspecified atom stereocenters. The zero-order valence-electron chi connectivity index (χ0n) is 21.2. The molecule has 1 fully saturated rings. The summed E-state index contributed by atoms with van der Waals surface area (Å²) < 4.78 is 5.88. The summed E-state index contributed by atoms with van der Waals surface area (Å²) in [5.41, 5.74) is 2.03. The molecule has 1 saturated heterocycles. The van der Waals surface area contributed by atoms with Crippen LogP contribution in [0.2, 0.25) is 0 Å². The maximum Gasteiger partial charge on any atom is 0.232 e. The molecule has 2 heterocycles. The Kier molecular flexibility index (Phi) is 6.31. The fourth-order valence-corrected chi connectivity index (χ4v) is 6.02. The van der Waals surface area contributed by atoms with Gasteiger partial charge < -0.3 is 20.3 Å². The Morgan fingerprint density at radius 3 is 2.67 bits per heavy atom. The van der Waals surface area contributed by atoms with Crippen LogP contribution in [-0.4, -0.2) is 44.7 Å². The number of benzene rings is 2. The molecule has 3 aliphatic rings. The van der Waals surface area contributed by atoms with Crippen LogP contribution in [0, 0.1) is 5.41 Å². The van der Waals surface area contributed by atoms with E-state index in [-0.39, 0.29) is 23.4 Å². The highest BCUT2D eigenvalue weighted by molar-refractivity contribution is 5.99. The first-order valence-corrected chi connectivity index (χ1v) is 12.9. The number of nitrogens with one attached hydrogen (secondary N) is 3.